The zero-order valence-electron chi connectivity index (χ0n) is 23.7. The molecule has 4 aliphatic carbocycles. The molecule has 5 unspecified atom stereocenters. The van der Waals surface area contributed by atoms with Crippen LogP contribution in [0.1, 0.15) is 105 Å². The molecule has 8 heteroatoms. The molecule has 0 heterocycles. The van der Waals surface area contributed by atoms with E-state index in [1.54, 1.807) is 13.8 Å². The maximum atomic E-state index is 12.4. The van der Waals surface area contributed by atoms with Gasteiger partial charge in [0.1, 0.15) is 11.9 Å². The van der Waals surface area contributed by atoms with Crippen molar-refractivity contribution in [2.45, 2.75) is 118 Å². The Morgan fingerprint density at radius 2 is 1.55 bits per heavy atom. The first-order valence-corrected chi connectivity index (χ1v) is 14.6. The molecule has 0 aromatic heterocycles. The van der Waals surface area contributed by atoms with E-state index in [2.05, 4.69) is 13.8 Å². The summed E-state index contributed by atoms with van der Waals surface area (Å²) in [4.78, 5) is 47.6. The van der Waals surface area contributed by atoms with Crippen LogP contribution in [-0.2, 0) is 28.6 Å². The number of fused-ring (bicyclic) bond motifs is 5. The van der Waals surface area contributed by atoms with Crippen LogP contribution >= 0.6 is 0 Å². The highest BCUT2D eigenvalue weighted by atomic mass is 16.8. The Labute approximate surface area is 226 Å². The molecule has 0 aromatic rings. The third-order valence-electron chi connectivity index (χ3n) is 11.0. The molecule has 4 fully saturated rings. The van der Waals surface area contributed by atoms with Gasteiger partial charge in [0.05, 0.1) is 0 Å². The van der Waals surface area contributed by atoms with Crippen LogP contribution in [0.15, 0.2) is 0 Å². The normalized spacial score (nSPS) is 39.5. The minimum atomic E-state index is -1.10. The van der Waals surface area contributed by atoms with Crippen LogP contribution in [0.5, 0.6) is 0 Å². The Balaban J connectivity index is 1.27. The molecule has 8 nitrogen and oxygen atoms in total. The molecule has 1 N–H and O–H groups in total. The molecule has 0 spiro atoms. The van der Waals surface area contributed by atoms with Crippen molar-refractivity contribution < 1.29 is 38.5 Å². The minimum Gasteiger partial charge on any atom is -0.481 e. The Kier molecular flexibility index (Phi) is 8.49. The number of carbonyl (C=O) groups is 4. The van der Waals surface area contributed by atoms with Crippen LogP contribution in [-0.4, -0.2) is 41.4 Å². The van der Waals surface area contributed by atoms with E-state index in [1.165, 1.54) is 26.2 Å². The number of hydrogen-bond acceptors (Lipinski definition) is 7. The van der Waals surface area contributed by atoms with Gasteiger partial charge in [0, 0.05) is 25.7 Å². The Morgan fingerprint density at radius 3 is 2.24 bits per heavy atom. The number of rotatable bonds is 8. The molecule has 0 saturated heterocycles. The lowest BCUT2D eigenvalue weighted by Gasteiger charge is -2.61. The zero-order chi connectivity index (χ0) is 27.8. The first kappa shape index (κ1) is 28.9. The Hall–Kier alpha value is -2.12. The van der Waals surface area contributed by atoms with E-state index in [0.717, 1.165) is 38.5 Å². The number of Topliss-reactive ketones (excluding diaryl/α,β-unsaturated/α-hetero) is 1. The molecule has 0 amide bonds. The average Bonchev–Trinajstić information content (AvgIpc) is 3.15. The standard InChI is InChI=1S/C30H46O8/c1-17(14-26(32)33)15-27(34)36-19(3)37-28(35)38-21-10-12-29(4)20(16-21)6-7-22-24-9-8-23(18(2)31)30(24,5)13-11-25(22)29/h17,19-25H,6-16H2,1-5H3,(H,32,33)/t17?,19?,20-,21+,22?,23?,24-,25-,29-,30?/m0/s1. The first-order valence-electron chi connectivity index (χ1n) is 14.6. The summed E-state index contributed by atoms with van der Waals surface area (Å²) in [6, 6.07) is 0. The topological polar surface area (TPSA) is 116 Å². The second-order valence-corrected chi connectivity index (χ2v) is 13.3. The number of carbonyl (C=O) groups excluding carboxylic acids is 3. The average molecular weight is 535 g/mol. The quantitative estimate of drug-likeness (QED) is 0.291. The molecule has 4 aliphatic rings. The third kappa shape index (κ3) is 5.74. The predicted molar refractivity (Wildman–Crippen MR) is 139 cm³/mol. The summed E-state index contributed by atoms with van der Waals surface area (Å²) >= 11 is 0. The molecule has 0 aliphatic heterocycles. The van der Waals surface area contributed by atoms with Crippen molar-refractivity contribution in [1.29, 1.82) is 0 Å². The van der Waals surface area contributed by atoms with Gasteiger partial charge in [0.15, 0.2) is 0 Å². The summed E-state index contributed by atoms with van der Waals surface area (Å²) < 4.78 is 16.0. The highest BCUT2D eigenvalue weighted by Crippen LogP contribution is 2.67. The van der Waals surface area contributed by atoms with Crippen LogP contribution in [0.4, 0.5) is 4.79 Å². The Bertz CT molecular complexity index is 931. The van der Waals surface area contributed by atoms with Crippen LogP contribution in [0.2, 0.25) is 0 Å². The van der Waals surface area contributed by atoms with Crippen molar-refractivity contribution in [3.8, 4) is 0 Å². The molecule has 4 saturated carbocycles. The van der Waals surface area contributed by atoms with Gasteiger partial charge in [-0.25, -0.2) is 4.79 Å². The van der Waals surface area contributed by atoms with E-state index < -0.39 is 24.4 Å². The van der Waals surface area contributed by atoms with E-state index in [0.29, 0.717) is 29.5 Å². The molecule has 0 aromatic carbocycles. The van der Waals surface area contributed by atoms with E-state index in [1.807, 2.05) is 0 Å². The summed E-state index contributed by atoms with van der Waals surface area (Å²) in [6.07, 6.45) is 7.20. The van der Waals surface area contributed by atoms with Crippen molar-refractivity contribution in [1.82, 2.24) is 0 Å². The van der Waals surface area contributed by atoms with E-state index in [9.17, 15) is 19.2 Å². The summed E-state index contributed by atoms with van der Waals surface area (Å²) in [5.74, 6) is 1.15. The van der Waals surface area contributed by atoms with E-state index in [4.69, 9.17) is 19.3 Å². The Morgan fingerprint density at radius 1 is 0.868 bits per heavy atom. The van der Waals surface area contributed by atoms with Crippen molar-refractivity contribution in [2.75, 3.05) is 0 Å². The van der Waals surface area contributed by atoms with Gasteiger partial charge in [-0.15, -0.1) is 0 Å². The number of ether oxygens (including phenoxy) is 3. The molecule has 0 bridgehead atoms. The lowest BCUT2D eigenvalue weighted by atomic mass is 9.44. The van der Waals surface area contributed by atoms with Gasteiger partial charge in [0.2, 0.25) is 6.29 Å². The number of aliphatic carboxylic acids is 1. The zero-order valence-corrected chi connectivity index (χ0v) is 23.7. The van der Waals surface area contributed by atoms with Crippen LogP contribution in [0, 0.1) is 46.3 Å². The third-order valence-corrected chi connectivity index (χ3v) is 11.0. The van der Waals surface area contributed by atoms with Gasteiger partial charge in [0.25, 0.3) is 0 Å². The summed E-state index contributed by atoms with van der Waals surface area (Å²) in [7, 11) is 0. The monoisotopic (exact) mass is 534 g/mol. The molecule has 0 radical (unpaired) electrons. The van der Waals surface area contributed by atoms with Gasteiger partial charge in [-0.05, 0) is 105 Å². The lowest BCUT2D eigenvalue weighted by Crippen LogP contribution is -2.54. The smallest absolute Gasteiger partial charge is 0.481 e. The number of ketones is 1. The van der Waals surface area contributed by atoms with Gasteiger partial charge in [-0.2, -0.15) is 0 Å². The SMILES string of the molecule is CC(=O)C1CC[C@H]2C3CC[C@H]4C[C@H](OC(=O)OC(C)OC(=O)CC(C)CC(=O)O)CC[C@]4(C)[C@H]3CCC12C. The van der Waals surface area contributed by atoms with Crippen LogP contribution < -0.4 is 0 Å². The van der Waals surface area contributed by atoms with Gasteiger partial charge in [-0.1, -0.05) is 20.8 Å². The highest BCUT2D eigenvalue weighted by Gasteiger charge is 2.61. The van der Waals surface area contributed by atoms with Gasteiger partial charge >= 0.3 is 18.1 Å². The van der Waals surface area contributed by atoms with Crippen molar-refractivity contribution in [2.24, 2.45) is 46.3 Å². The lowest BCUT2D eigenvalue weighted by molar-refractivity contribution is -0.172. The fourth-order valence-corrected chi connectivity index (χ4v) is 9.20. The largest absolute Gasteiger partial charge is 0.511 e. The number of esters is 1. The molecular formula is C30H46O8. The van der Waals surface area contributed by atoms with E-state index >= 15 is 0 Å². The fraction of sp³-hybridized carbons (Fsp3) is 0.867. The van der Waals surface area contributed by atoms with Crippen molar-refractivity contribution >= 4 is 23.9 Å². The van der Waals surface area contributed by atoms with Gasteiger partial charge < -0.3 is 19.3 Å². The van der Waals surface area contributed by atoms with Crippen LogP contribution in [0.3, 0.4) is 0 Å². The maximum Gasteiger partial charge on any atom is 0.511 e. The van der Waals surface area contributed by atoms with Crippen LogP contribution in [0.25, 0.3) is 0 Å². The number of carboxylic acid groups (broad SMARTS) is 1. The summed E-state index contributed by atoms with van der Waals surface area (Å²) in [5.41, 5.74) is 0.395. The fourth-order valence-electron chi connectivity index (χ4n) is 9.20. The molecule has 4 rings (SSSR count). The molecule has 38 heavy (non-hydrogen) atoms. The summed E-state index contributed by atoms with van der Waals surface area (Å²) in [5, 5.41) is 8.82. The number of carboxylic acids is 1. The maximum absolute atomic E-state index is 12.4. The second kappa shape index (κ2) is 11.2. The minimum absolute atomic E-state index is 0.0600. The highest BCUT2D eigenvalue weighted by molar-refractivity contribution is 5.79. The first-order chi connectivity index (χ1) is 17.8. The predicted octanol–water partition coefficient (Wildman–Crippen LogP) is 6.15. The second-order valence-electron chi connectivity index (χ2n) is 13.3. The van der Waals surface area contributed by atoms with E-state index in [-0.39, 0.29) is 41.6 Å². The molecule has 10 atom stereocenters. The van der Waals surface area contributed by atoms with Crippen molar-refractivity contribution in [3.63, 3.8) is 0 Å². The summed E-state index contributed by atoms with van der Waals surface area (Å²) in [6.45, 7) is 9.73. The van der Waals surface area contributed by atoms with Crippen molar-refractivity contribution in [3.05, 3.63) is 0 Å². The molecule has 214 valence electrons. The molecular weight excluding hydrogens is 488 g/mol. The number of hydrogen-bond donors (Lipinski definition) is 1. The van der Waals surface area contributed by atoms with Gasteiger partial charge in [-0.3, -0.25) is 14.4 Å².